The number of alkyl halides is 3. The van der Waals surface area contributed by atoms with Gasteiger partial charge in [-0.2, -0.15) is 13.2 Å². The standard InChI is InChI=1S/C18H19F3N2O4S/c1-27-11-10-22-17(24)13-23(28(25,26)16-8-3-2-4-9-16)15-7-5-6-14(12-15)18(19,20)21/h2-9,12H,10-11,13H2,1H3,(H,22,24). The van der Waals surface area contributed by atoms with E-state index in [1.165, 1.54) is 37.4 Å². The molecule has 0 radical (unpaired) electrons. The average molecular weight is 416 g/mol. The van der Waals surface area contributed by atoms with E-state index in [1.54, 1.807) is 6.07 Å². The largest absolute Gasteiger partial charge is 0.416 e. The number of rotatable bonds is 8. The van der Waals surface area contributed by atoms with Gasteiger partial charge in [0.2, 0.25) is 5.91 Å². The van der Waals surface area contributed by atoms with Gasteiger partial charge < -0.3 is 10.1 Å². The van der Waals surface area contributed by atoms with Crippen LogP contribution in [0.2, 0.25) is 0 Å². The molecular formula is C18H19F3N2O4S. The molecular weight excluding hydrogens is 397 g/mol. The molecule has 0 fully saturated rings. The summed E-state index contributed by atoms with van der Waals surface area (Å²) in [7, 11) is -2.84. The summed E-state index contributed by atoms with van der Waals surface area (Å²) in [6.07, 6.45) is -4.65. The zero-order chi connectivity index (χ0) is 20.8. The van der Waals surface area contributed by atoms with E-state index >= 15 is 0 Å². The molecule has 0 saturated carbocycles. The first-order valence-corrected chi connectivity index (χ1v) is 9.61. The van der Waals surface area contributed by atoms with Crippen LogP contribution >= 0.6 is 0 Å². The molecule has 152 valence electrons. The van der Waals surface area contributed by atoms with E-state index in [4.69, 9.17) is 4.74 Å². The molecule has 0 aliphatic rings. The average Bonchev–Trinajstić information content (AvgIpc) is 2.66. The Hall–Kier alpha value is -2.59. The van der Waals surface area contributed by atoms with Crippen molar-refractivity contribution in [1.29, 1.82) is 0 Å². The molecule has 0 atom stereocenters. The second kappa shape index (κ2) is 9.07. The number of nitrogens with one attached hydrogen (secondary N) is 1. The minimum atomic E-state index is -4.65. The number of carbonyl (C=O) groups is 1. The van der Waals surface area contributed by atoms with Crippen LogP contribution in [0.4, 0.5) is 18.9 Å². The highest BCUT2D eigenvalue weighted by Gasteiger charge is 2.33. The Labute approximate surface area is 161 Å². The van der Waals surface area contributed by atoms with Crippen molar-refractivity contribution in [3.63, 3.8) is 0 Å². The van der Waals surface area contributed by atoms with Crippen molar-refractivity contribution in [1.82, 2.24) is 5.32 Å². The highest BCUT2D eigenvalue weighted by molar-refractivity contribution is 7.92. The number of ether oxygens (including phenoxy) is 1. The lowest BCUT2D eigenvalue weighted by molar-refractivity contribution is -0.137. The van der Waals surface area contributed by atoms with Gasteiger partial charge in [0.15, 0.2) is 0 Å². The molecule has 0 unspecified atom stereocenters. The van der Waals surface area contributed by atoms with Gasteiger partial charge in [-0.25, -0.2) is 8.42 Å². The van der Waals surface area contributed by atoms with E-state index in [1.807, 2.05) is 0 Å². The molecule has 6 nitrogen and oxygen atoms in total. The topological polar surface area (TPSA) is 75.7 Å². The van der Waals surface area contributed by atoms with E-state index in [2.05, 4.69) is 5.32 Å². The fourth-order valence-electron chi connectivity index (χ4n) is 2.35. The van der Waals surface area contributed by atoms with Gasteiger partial charge in [-0.1, -0.05) is 24.3 Å². The summed E-state index contributed by atoms with van der Waals surface area (Å²) >= 11 is 0. The van der Waals surface area contributed by atoms with E-state index in [9.17, 15) is 26.4 Å². The maximum absolute atomic E-state index is 13.1. The summed E-state index contributed by atoms with van der Waals surface area (Å²) in [5, 5.41) is 2.46. The number of halogens is 3. The summed E-state index contributed by atoms with van der Waals surface area (Å²) in [6.45, 7) is -0.333. The molecule has 1 N–H and O–H groups in total. The molecule has 0 aliphatic heterocycles. The lowest BCUT2D eigenvalue weighted by Crippen LogP contribution is -2.41. The fraction of sp³-hybridized carbons (Fsp3) is 0.278. The van der Waals surface area contributed by atoms with Gasteiger partial charge in [0.1, 0.15) is 6.54 Å². The van der Waals surface area contributed by atoms with Crippen molar-refractivity contribution in [2.75, 3.05) is 31.1 Å². The van der Waals surface area contributed by atoms with Crippen molar-refractivity contribution in [3.05, 3.63) is 60.2 Å². The van der Waals surface area contributed by atoms with Crippen LogP contribution in [0, 0.1) is 0 Å². The van der Waals surface area contributed by atoms with Crippen LogP contribution in [-0.4, -0.2) is 41.1 Å². The van der Waals surface area contributed by atoms with Crippen molar-refractivity contribution in [2.24, 2.45) is 0 Å². The molecule has 0 aliphatic carbocycles. The third-order valence-corrected chi connectivity index (χ3v) is 5.50. The number of amides is 1. The zero-order valence-corrected chi connectivity index (χ0v) is 15.8. The van der Waals surface area contributed by atoms with Gasteiger partial charge in [0.25, 0.3) is 10.0 Å². The Morgan fingerprint density at radius 2 is 1.79 bits per heavy atom. The Morgan fingerprint density at radius 1 is 1.11 bits per heavy atom. The Kier molecular flexibility index (Phi) is 7.03. The second-order valence-corrected chi connectivity index (χ2v) is 7.58. The fourth-order valence-corrected chi connectivity index (χ4v) is 3.78. The first-order valence-electron chi connectivity index (χ1n) is 8.17. The Balaban J connectivity index is 2.44. The number of carbonyl (C=O) groups excluding carboxylic acids is 1. The highest BCUT2D eigenvalue weighted by Crippen LogP contribution is 2.33. The van der Waals surface area contributed by atoms with Gasteiger partial charge in [-0.05, 0) is 30.3 Å². The summed E-state index contributed by atoms with van der Waals surface area (Å²) < 4.78 is 70.6. The number of sulfonamides is 1. The first kappa shape index (κ1) is 21.7. The van der Waals surface area contributed by atoms with Gasteiger partial charge in [-0.15, -0.1) is 0 Å². The SMILES string of the molecule is COCCNC(=O)CN(c1cccc(C(F)(F)F)c1)S(=O)(=O)c1ccccc1. The van der Waals surface area contributed by atoms with Gasteiger partial charge in [-0.3, -0.25) is 9.10 Å². The summed E-state index contributed by atoms with van der Waals surface area (Å²) in [4.78, 5) is 12.0. The molecule has 0 aromatic heterocycles. The Bertz CT molecular complexity index is 903. The Morgan fingerprint density at radius 3 is 2.39 bits per heavy atom. The number of nitrogens with zero attached hydrogens (tertiary/aromatic N) is 1. The smallest absolute Gasteiger partial charge is 0.383 e. The zero-order valence-electron chi connectivity index (χ0n) is 14.9. The second-order valence-electron chi connectivity index (χ2n) is 5.72. The predicted molar refractivity (Wildman–Crippen MR) is 97.3 cm³/mol. The number of anilines is 1. The van der Waals surface area contributed by atoms with E-state index in [0.717, 1.165) is 12.1 Å². The molecule has 0 heterocycles. The van der Waals surface area contributed by atoms with Crippen LogP contribution in [-0.2, 0) is 25.7 Å². The van der Waals surface area contributed by atoms with Crippen LogP contribution in [0.5, 0.6) is 0 Å². The number of methoxy groups -OCH3 is 1. The maximum atomic E-state index is 13.1. The van der Waals surface area contributed by atoms with Crippen LogP contribution in [0.25, 0.3) is 0 Å². The molecule has 0 saturated heterocycles. The molecule has 28 heavy (non-hydrogen) atoms. The monoisotopic (exact) mass is 416 g/mol. The molecule has 10 heteroatoms. The quantitative estimate of drug-likeness (QED) is 0.672. The molecule has 2 rings (SSSR count). The number of hydrogen-bond acceptors (Lipinski definition) is 4. The summed E-state index contributed by atoms with van der Waals surface area (Å²) in [5.41, 5.74) is -1.28. The highest BCUT2D eigenvalue weighted by atomic mass is 32.2. The predicted octanol–water partition coefficient (Wildman–Crippen LogP) is 2.66. The third kappa shape index (κ3) is 5.46. The normalized spacial score (nSPS) is 11.9. The minimum absolute atomic E-state index is 0.136. The molecule has 0 bridgehead atoms. The summed E-state index contributed by atoms with van der Waals surface area (Å²) in [5.74, 6) is -0.672. The van der Waals surface area contributed by atoms with Gasteiger partial charge in [0, 0.05) is 13.7 Å². The lowest BCUT2D eigenvalue weighted by atomic mass is 10.2. The molecule has 1 amide bonds. The number of benzene rings is 2. The minimum Gasteiger partial charge on any atom is -0.383 e. The van der Waals surface area contributed by atoms with Crippen molar-refractivity contribution in [2.45, 2.75) is 11.1 Å². The van der Waals surface area contributed by atoms with Crippen molar-refractivity contribution >= 4 is 21.6 Å². The number of hydrogen-bond donors (Lipinski definition) is 1. The summed E-state index contributed by atoms with van der Waals surface area (Å²) in [6, 6.07) is 11.0. The lowest BCUT2D eigenvalue weighted by Gasteiger charge is -2.25. The first-order chi connectivity index (χ1) is 13.2. The molecule has 2 aromatic carbocycles. The van der Waals surface area contributed by atoms with Crippen LogP contribution in [0.1, 0.15) is 5.56 Å². The third-order valence-electron chi connectivity index (χ3n) is 3.71. The van der Waals surface area contributed by atoms with Gasteiger partial charge >= 0.3 is 6.18 Å². The van der Waals surface area contributed by atoms with Crippen LogP contribution in [0.15, 0.2) is 59.5 Å². The van der Waals surface area contributed by atoms with E-state index in [-0.39, 0.29) is 23.7 Å². The van der Waals surface area contributed by atoms with Gasteiger partial charge in [0.05, 0.1) is 22.8 Å². The van der Waals surface area contributed by atoms with Crippen LogP contribution in [0.3, 0.4) is 0 Å². The van der Waals surface area contributed by atoms with Crippen molar-refractivity contribution < 1.29 is 31.1 Å². The van der Waals surface area contributed by atoms with E-state index in [0.29, 0.717) is 10.4 Å². The van der Waals surface area contributed by atoms with Crippen LogP contribution < -0.4 is 9.62 Å². The van der Waals surface area contributed by atoms with E-state index < -0.39 is 34.2 Å². The maximum Gasteiger partial charge on any atom is 0.416 e. The van der Waals surface area contributed by atoms with Crippen molar-refractivity contribution in [3.8, 4) is 0 Å². The molecule has 2 aromatic rings. The molecule has 0 spiro atoms.